The predicted octanol–water partition coefficient (Wildman–Crippen LogP) is 3.75. The monoisotopic (exact) mass is 410 g/mol. The number of methoxy groups -OCH3 is 2. The Kier molecular flexibility index (Phi) is 6.01. The smallest absolute Gasteiger partial charge is 0.293 e. The van der Waals surface area contributed by atoms with Crippen LogP contribution in [0.5, 0.6) is 11.5 Å². The van der Waals surface area contributed by atoms with E-state index < -0.39 is 11.0 Å². The molecule has 30 heavy (non-hydrogen) atoms. The molecule has 0 radical (unpaired) electrons. The second-order valence-electron chi connectivity index (χ2n) is 6.66. The van der Waals surface area contributed by atoms with E-state index in [4.69, 9.17) is 9.47 Å². The van der Waals surface area contributed by atoms with Crippen LogP contribution in [0.15, 0.2) is 48.8 Å². The molecule has 3 aromatic rings. The van der Waals surface area contributed by atoms with Gasteiger partial charge in [-0.2, -0.15) is 0 Å². The van der Waals surface area contributed by atoms with Gasteiger partial charge in [0, 0.05) is 37.1 Å². The second-order valence-corrected chi connectivity index (χ2v) is 6.66. The molecule has 0 aliphatic heterocycles. The zero-order valence-corrected chi connectivity index (χ0v) is 17.1. The SMILES string of the molecule is COc1cc(OC)cc(C(Nc2ccc(C(C)=O)cc2[N+](=O)[O-])c2nccn2C)c1. The van der Waals surface area contributed by atoms with Crippen LogP contribution in [-0.4, -0.2) is 34.5 Å². The van der Waals surface area contributed by atoms with Crippen molar-refractivity contribution in [1.82, 2.24) is 9.55 Å². The quantitative estimate of drug-likeness (QED) is 0.342. The number of Topliss-reactive ketones (excluding diaryl/α,β-unsaturated/α-hetero) is 1. The summed E-state index contributed by atoms with van der Waals surface area (Å²) in [4.78, 5) is 27.2. The lowest BCUT2D eigenvalue weighted by Gasteiger charge is -2.21. The molecule has 9 nitrogen and oxygen atoms in total. The van der Waals surface area contributed by atoms with Crippen LogP contribution < -0.4 is 14.8 Å². The van der Waals surface area contributed by atoms with Crippen LogP contribution in [0.2, 0.25) is 0 Å². The number of benzene rings is 2. The van der Waals surface area contributed by atoms with Gasteiger partial charge in [-0.15, -0.1) is 0 Å². The number of nitrogens with one attached hydrogen (secondary N) is 1. The van der Waals surface area contributed by atoms with Crippen molar-refractivity contribution < 1.29 is 19.2 Å². The van der Waals surface area contributed by atoms with Crippen molar-refractivity contribution in [2.45, 2.75) is 13.0 Å². The van der Waals surface area contributed by atoms with Gasteiger partial charge in [0.05, 0.1) is 19.1 Å². The van der Waals surface area contributed by atoms with Crippen molar-refractivity contribution in [2.75, 3.05) is 19.5 Å². The van der Waals surface area contributed by atoms with Crippen LogP contribution in [0.25, 0.3) is 0 Å². The summed E-state index contributed by atoms with van der Waals surface area (Å²) < 4.78 is 12.6. The lowest BCUT2D eigenvalue weighted by atomic mass is 10.0. The van der Waals surface area contributed by atoms with Gasteiger partial charge in [0.25, 0.3) is 5.69 Å². The fourth-order valence-electron chi connectivity index (χ4n) is 3.13. The Morgan fingerprint density at radius 1 is 1.17 bits per heavy atom. The van der Waals surface area contributed by atoms with E-state index in [9.17, 15) is 14.9 Å². The van der Waals surface area contributed by atoms with E-state index in [-0.39, 0.29) is 22.7 Å². The topological polar surface area (TPSA) is 109 Å². The number of ketones is 1. The molecule has 1 atom stereocenters. The maximum Gasteiger partial charge on any atom is 0.293 e. The Morgan fingerprint density at radius 3 is 2.33 bits per heavy atom. The number of ether oxygens (including phenoxy) is 2. The number of rotatable bonds is 8. The van der Waals surface area contributed by atoms with Gasteiger partial charge in [0.15, 0.2) is 5.78 Å². The van der Waals surface area contributed by atoms with Crippen molar-refractivity contribution in [1.29, 1.82) is 0 Å². The molecule has 1 N–H and O–H groups in total. The fraction of sp³-hybridized carbons (Fsp3) is 0.238. The molecule has 0 saturated heterocycles. The molecule has 0 bridgehead atoms. The first kappa shape index (κ1) is 20.8. The lowest BCUT2D eigenvalue weighted by Crippen LogP contribution is -2.18. The molecule has 3 rings (SSSR count). The van der Waals surface area contributed by atoms with Crippen LogP contribution in [0.1, 0.15) is 34.7 Å². The van der Waals surface area contributed by atoms with E-state index in [1.54, 1.807) is 38.7 Å². The number of nitro benzene ring substituents is 1. The molecule has 0 fully saturated rings. The number of nitro groups is 1. The Bertz CT molecular complexity index is 1070. The van der Waals surface area contributed by atoms with Crippen molar-refractivity contribution in [3.05, 3.63) is 75.9 Å². The molecule has 1 heterocycles. The molecule has 0 spiro atoms. The Balaban J connectivity index is 2.14. The third-order valence-corrected chi connectivity index (χ3v) is 4.72. The first-order valence-corrected chi connectivity index (χ1v) is 9.10. The maximum atomic E-state index is 11.7. The van der Waals surface area contributed by atoms with Crippen molar-refractivity contribution >= 4 is 17.2 Å². The number of nitrogens with zero attached hydrogens (tertiary/aromatic N) is 3. The molecule has 156 valence electrons. The van der Waals surface area contributed by atoms with Crippen molar-refractivity contribution in [3.63, 3.8) is 0 Å². The van der Waals surface area contributed by atoms with Crippen LogP contribution in [0, 0.1) is 10.1 Å². The molecule has 2 aromatic carbocycles. The number of carbonyl (C=O) groups excluding carboxylic acids is 1. The number of carbonyl (C=O) groups is 1. The van der Waals surface area contributed by atoms with Crippen LogP contribution in [-0.2, 0) is 7.05 Å². The Morgan fingerprint density at radius 2 is 1.83 bits per heavy atom. The summed E-state index contributed by atoms with van der Waals surface area (Å²) in [6, 6.07) is 9.17. The molecule has 1 aromatic heterocycles. The second kappa shape index (κ2) is 8.64. The standard InChI is InChI=1S/C21H22N4O5/c1-13(26)14-5-6-18(19(11-14)25(27)28)23-20(21-22-7-8-24(21)2)15-9-16(29-3)12-17(10-15)30-4/h5-12,20,23H,1-4H3. The minimum Gasteiger partial charge on any atom is -0.497 e. The number of hydrogen-bond donors (Lipinski definition) is 1. The number of anilines is 1. The van der Waals surface area contributed by atoms with Gasteiger partial charge >= 0.3 is 0 Å². The minimum atomic E-state index is -0.545. The van der Waals surface area contributed by atoms with Gasteiger partial charge in [-0.25, -0.2) is 4.98 Å². The summed E-state index contributed by atoms with van der Waals surface area (Å²) in [6.45, 7) is 1.37. The Labute approximate surface area is 173 Å². The molecule has 0 saturated carbocycles. The molecule has 0 aliphatic rings. The van der Waals surface area contributed by atoms with E-state index in [1.807, 2.05) is 23.7 Å². The lowest BCUT2D eigenvalue weighted by molar-refractivity contribution is -0.384. The number of aromatic nitrogens is 2. The van der Waals surface area contributed by atoms with E-state index in [1.165, 1.54) is 19.1 Å². The van der Waals surface area contributed by atoms with Crippen molar-refractivity contribution in [3.8, 4) is 11.5 Å². The summed E-state index contributed by atoms with van der Waals surface area (Å²) in [5.74, 6) is 1.54. The largest absolute Gasteiger partial charge is 0.497 e. The highest BCUT2D eigenvalue weighted by molar-refractivity contribution is 5.95. The average molecular weight is 410 g/mol. The van der Waals surface area contributed by atoms with Gasteiger partial charge in [-0.3, -0.25) is 14.9 Å². The summed E-state index contributed by atoms with van der Waals surface area (Å²) in [5.41, 5.74) is 1.07. The fourth-order valence-corrected chi connectivity index (χ4v) is 3.13. The molecular formula is C21H22N4O5. The highest BCUT2D eigenvalue weighted by atomic mass is 16.6. The summed E-state index contributed by atoms with van der Waals surface area (Å²) in [5, 5.41) is 14.9. The maximum absolute atomic E-state index is 11.7. The molecular weight excluding hydrogens is 388 g/mol. The van der Waals surface area contributed by atoms with Crippen LogP contribution >= 0.6 is 0 Å². The summed E-state index contributed by atoms with van der Waals surface area (Å²) >= 11 is 0. The molecule has 0 amide bonds. The van der Waals surface area contributed by atoms with Gasteiger partial charge in [-0.05, 0) is 36.8 Å². The van der Waals surface area contributed by atoms with Gasteiger partial charge < -0.3 is 19.4 Å². The van der Waals surface area contributed by atoms with E-state index in [0.29, 0.717) is 17.3 Å². The number of hydrogen-bond acceptors (Lipinski definition) is 7. The third kappa shape index (κ3) is 4.24. The predicted molar refractivity (Wildman–Crippen MR) is 111 cm³/mol. The van der Waals surface area contributed by atoms with Crippen molar-refractivity contribution in [2.24, 2.45) is 7.05 Å². The van der Waals surface area contributed by atoms with Gasteiger partial charge in [-0.1, -0.05) is 0 Å². The summed E-state index contributed by atoms with van der Waals surface area (Å²) in [7, 11) is 4.93. The van der Waals surface area contributed by atoms with E-state index in [2.05, 4.69) is 10.3 Å². The molecule has 0 aliphatic carbocycles. The highest BCUT2D eigenvalue weighted by Gasteiger charge is 2.24. The summed E-state index contributed by atoms with van der Waals surface area (Å²) in [6.07, 6.45) is 3.43. The van der Waals surface area contributed by atoms with Crippen LogP contribution in [0.4, 0.5) is 11.4 Å². The average Bonchev–Trinajstić information content (AvgIpc) is 3.16. The van der Waals surface area contributed by atoms with Crippen LogP contribution in [0.3, 0.4) is 0 Å². The van der Waals surface area contributed by atoms with Gasteiger partial charge in [0.2, 0.25) is 0 Å². The first-order chi connectivity index (χ1) is 14.3. The number of aryl methyl sites for hydroxylation is 1. The van der Waals surface area contributed by atoms with E-state index in [0.717, 1.165) is 5.56 Å². The molecule has 9 heteroatoms. The zero-order valence-electron chi connectivity index (χ0n) is 17.1. The first-order valence-electron chi connectivity index (χ1n) is 9.10. The minimum absolute atomic E-state index is 0.197. The highest BCUT2D eigenvalue weighted by Crippen LogP contribution is 2.35. The molecule has 1 unspecified atom stereocenters. The number of imidazole rings is 1. The Hall–Kier alpha value is -3.88. The normalized spacial score (nSPS) is 11.6. The zero-order chi connectivity index (χ0) is 21.8. The van der Waals surface area contributed by atoms with E-state index >= 15 is 0 Å². The third-order valence-electron chi connectivity index (χ3n) is 4.72. The van der Waals surface area contributed by atoms with Gasteiger partial charge in [0.1, 0.15) is 29.1 Å².